The molecule has 4 rings (SSSR count). The van der Waals surface area contributed by atoms with Crippen LogP contribution in [0.4, 0.5) is 15.3 Å². The third-order valence-electron chi connectivity index (χ3n) is 4.16. The second-order valence-corrected chi connectivity index (χ2v) is 7.14. The molecule has 0 bridgehead atoms. The Labute approximate surface area is 155 Å². The summed E-state index contributed by atoms with van der Waals surface area (Å²) in [6.07, 6.45) is 4.63. The van der Waals surface area contributed by atoms with Crippen molar-refractivity contribution >= 4 is 22.3 Å². The van der Waals surface area contributed by atoms with Crippen LogP contribution in [0, 0.1) is 5.82 Å². The molecule has 134 valence electrons. The van der Waals surface area contributed by atoms with E-state index in [0.29, 0.717) is 0 Å². The Kier molecular flexibility index (Phi) is 5.19. The summed E-state index contributed by atoms with van der Waals surface area (Å²) in [7, 11) is 0. The van der Waals surface area contributed by atoms with Crippen molar-refractivity contribution in [2.24, 2.45) is 0 Å². The van der Waals surface area contributed by atoms with E-state index in [1.165, 1.54) is 29.0 Å². The molecule has 2 aromatic heterocycles. The van der Waals surface area contributed by atoms with Gasteiger partial charge in [-0.1, -0.05) is 23.5 Å². The van der Waals surface area contributed by atoms with Gasteiger partial charge in [-0.15, -0.1) is 0 Å². The van der Waals surface area contributed by atoms with E-state index in [2.05, 4.69) is 20.6 Å². The quantitative estimate of drug-likeness (QED) is 0.718. The van der Waals surface area contributed by atoms with Crippen LogP contribution < -0.4 is 10.6 Å². The average Bonchev–Trinajstić information content (AvgIpc) is 3.12. The van der Waals surface area contributed by atoms with Gasteiger partial charge in [0.25, 0.3) is 0 Å². The first-order valence-electron chi connectivity index (χ1n) is 8.52. The number of ether oxygens (including phenoxy) is 1. The molecule has 0 amide bonds. The molecule has 1 saturated heterocycles. The number of rotatable bonds is 5. The van der Waals surface area contributed by atoms with E-state index in [1.54, 1.807) is 24.5 Å². The molecule has 1 unspecified atom stereocenters. The van der Waals surface area contributed by atoms with Gasteiger partial charge in [-0.2, -0.15) is 0 Å². The fourth-order valence-corrected chi connectivity index (χ4v) is 3.70. The Morgan fingerprint density at radius 3 is 2.92 bits per heavy atom. The normalized spacial score (nSPS) is 17.2. The first kappa shape index (κ1) is 17.1. The topological polar surface area (TPSA) is 59.1 Å². The van der Waals surface area contributed by atoms with Gasteiger partial charge in [0.05, 0.1) is 17.6 Å². The average molecular weight is 370 g/mol. The molecule has 2 N–H and O–H groups in total. The van der Waals surface area contributed by atoms with E-state index < -0.39 is 0 Å². The fraction of sp³-hybridized carbons (Fsp3) is 0.263. The van der Waals surface area contributed by atoms with Crippen molar-refractivity contribution in [2.75, 3.05) is 25.0 Å². The lowest BCUT2D eigenvalue weighted by molar-refractivity contribution is 0.0292. The molecule has 1 aliphatic rings. The van der Waals surface area contributed by atoms with Crippen LogP contribution in [0.5, 0.6) is 0 Å². The molecule has 1 atom stereocenters. The minimum absolute atomic E-state index is 0.198. The zero-order valence-electron chi connectivity index (χ0n) is 14.1. The Bertz CT molecular complexity index is 862. The number of hydrogen-bond acceptors (Lipinski definition) is 6. The number of anilines is 2. The third-order valence-corrected chi connectivity index (χ3v) is 5.12. The van der Waals surface area contributed by atoms with Gasteiger partial charge >= 0.3 is 0 Å². The number of morpholine rings is 1. The molecule has 1 fully saturated rings. The maximum atomic E-state index is 13.1. The summed E-state index contributed by atoms with van der Waals surface area (Å²) in [4.78, 5) is 9.74. The highest BCUT2D eigenvalue weighted by atomic mass is 32.1. The Morgan fingerprint density at radius 1 is 1.23 bits per heavy atom. The third kappa shape index (κ3) is 4.24. The molecule has 1 aliphatic heterocycles. The van der Waals surface area contributed by atoms with Gasteiger partial charge in [-0.3, -0.25) is 0 Å². The van der Waals surface area contributed by atoms with Crippen molar-refractivity contribution in [2.45, 2.75) is 12.5 Å². The minimum Gasteiger partial charge on any atom is -0.375 e. The molecule has 1 aromatic carbocycles. The maximum Gasteiger partial charge on any atom is 0.188 e. The minimum atomic E-state index is -0.241. The van der Waals surface area contributed by atoms with Crippen LogP contribution in [0.3, 0.4) is 0 Å². The van der Waals surface area contributed by atoms with Crippen LogP contribution in [-0.2, 0) is 11.2 Å². The number of nitrogens with one attached hydrogen (secondary N) is 2. The largest absolute Gasteiger partial charge is 0.375 e. The van der Waals surface area contributed by atoms with Gasteiger partial charge in [-0.25, -0.2) is 14.4 Å². The lowest BCUT2D eigenvalue weighted by atomic mass is 10.1. The molecular formula is C19H19FN4OS. The lowest BCUT2D eigenvalue weighted by Gasteiger charge is -2.23. The standard InChI is InChI=1S/C19H19FN4OS/c20-15-3-1-14(2-4-15)17-12-23-19(26-17)24-18-10-13(5-6-22-18)9-16-11-21-7-8-25-16/h1-6,10,12,16,21H,7-9,11H2,(H,22,23,24). The summed E-state index contributed by atoms with van der Waals surface area (Å²) in [6.45, 7) is 2.55. The second-order valence-electron chi connectivity index (χ2n) is 6.11. The molecule has 0 saturated carbocycles. The molecule has 7 heteroatoms. The second kappa shape index (κ2) is 7.90. The molecule has 3 aromatic rings. The highest BCUT2D eigenvalue weighted by Gasteiger charge is 2.14. The highest BCUT2D eigenvalue weighted by Crippen LogP contribution is 2.30. The predicted octanol–water partition coefficient (Wildman–Crippen LogP) is 3.62. The van der Waals surface area contributed by atoms with Crippen LogP contribution in [0.1, 0.15) is 5.56 Å². The number of hydrogen-bond donors (Lipinski definition) is 2. The molecule has 0 spiro atoms. The highest BCUT2D eigenvalue weighted by molar-refractivity contribution is 7.18. The van der Waals surface area contributed by atoms with Gasteiger partial charge in [0.15, 0.2) is 5.13 Å². The number of benzene rings is 1. The summed E-state index contributed by atoms with van der Waals surface area (Å²) >= 11 is 1.51. The van der Waals surface area contributed by atoms with E-state index in [9.17, 15) is 4.39 Å². The molecule has 3 heterocycles. The van der Waals surface area contributed by atoms with Gasteiger partial charge in [0, 0.05) is 31.9 Å². The van der Waals surface area contributed by atoms with Crippen LogP contribution >= 0.6 is 11.3 Å². The van der Waals surface area contributed by atoms with Crippen molar-refractivity contribution in [1.29, 1.82) is 0 Å². The van der Waals surface area contributed by atoms with Gasteiger partial charge < -0.3 is 15.4 Å². The van der Waals surface area contributed by atoms with Crippen molar-refractivity contribution in [3.05, 3.63) is 60.2 Å². The fourth-order valence-electron chi connectivity index (χ4n) is 2.87. The van der Waals surface area contributed by atoms with Crippen LogP contribution in [0.2, 0.25) is 0 Å². The number of halogens is 1. The monoisotopic (exact) mass is 370 g/mol. The van der Waals surface area contributed by atoms with E-state index in [4.69, 9.17) is 4.74 Å². The molecular weight excluding hydrogens is 351 g/mol. The Morgan fingerprint density at radius 2 is 2.12 bits per heavy atom. The van der Waals surface area contributed by atoms with Gasteiger partial charge in [0.2, 0.25) is 0 Å². The van der Waals surface area contributed by atoms with Crippen molar-refractivity contribution < 1.29 is 9.13 Å². The van der Waals surface area contributed by atoms with Crippen LogP contribution in [-0.4, -0.2) is 35.8 Å². The summed E-state index contributed by atoms with van der Waals surface area (Å²) in [6, 6.07) is 10.4. The summed E-state index contributed by atoms with van der Waals surface area (Å²) in [5.41, 5.74) is 2.12. The summed E-state index contributed by atoms with van der Waals surface area (Å²) in [5.74, 6) is 0.515. The number of pyridine rings is 1. The van der Waals surface area contributed by atoms with E-state index >= 15 is 0 Å². The van der Waals surface area contributed by atoms with E-state index in [1.807, 2.05) is 12.1 Å². The molecule has 5 nitrogen and oxygen atoms in total. The number of nitrogens with zero attached hydrogens (tertiary/aromatic N) is 2. The Balaban J connectivity index is 1.44. The zero-order chi connectivity index (χ0) is 17.8. The first-order chi connectivity index (χ1) is 12.8. The van der Waals surface area contributed by atoms with E-state index in [0.717, 1.165) is 47.5 Å². The van der Waals surface area contributed by atoms with Gasteiger partial charge in [0.1, 0.15) is 11.6 Å². The maximum absolute atomic E-state index is 13.1. The van der Waals surface area contributed by atoms with Crippen LogP contribution in [0.15, 0.2) is 48.8 Å². The first-order valence-corrected chi connectivity index (χ1v) is 9.34. The lowest BCUT2D eigenvalue weighted by Crippen LogP contribution is -2.39. The van der Waals surface area contributed by atoms with Crippen molar-refractivity contribution in [3.63, 3.8) is 0 Å². The molecule has 0 aliphatic carbocycles. The number of aromatic nitrogens is 2. The van der Waals surface area contributed by atoms with Crippen LogP contribution in [0.25, 0.3) is 10.4 Å². The summed E-state index contributed by atoms with van der Waals surface area (Å²) < 4.78 is 18.8. The van der Waals surface area contributed by atoms with Crippen molar-refractivity contribution in [3.8, 4) is 10.4 Å². The molecule has 26 heavy (non-hydrogen) atoms. The zero-order valence-corrected chi connectivity index (χ0v) is 14.9. The van der Waals surface area contributed by atoms with Gasteiger partial charge in [-0.05, 0) is 35.4 Å². The number of thiazole rings is 1. The SMILES string of the molecule is Fc1ccc(-c2cnc(Nc3cc(CC4CNCCO4)ccn3)s2)cc1. The van der Waals surface area contributed by atoms with E-state index in [-0.39, 0.29) is 11.9 Å². The van der Waals surface area contributed by atoms with Crippen molar-refractivity contribution in [1.82, 2.24) is 15.3 Å². The summed E-state index contributed by atoms with van der Waals surface area (Å²) in [5, 5.41) is 7.35. The smallest absolute Gasteiger partial charge is 0.188 e. The predicted molar refractivity (Wildman–Crippen MR) is 101 cm³/mol. The Hall–Kier alpha value is -2.35. The molecule has 0 radical (unpaired) electrons.